The SMILES string of the molecule is CC(=O)OCc1c(C(C)C)nc2c(c1-c1ccc(F)cc1)CCC(=NO)C2(C)C. The van der Waals surface area contributed by atoms with Crippen LogP contribution < -0.4 is 0 Å². The number of fused-ring (bicyclic) bond motifs is 1. The van der Waals surface area contributed by atoms with Crippen molar-refractivity contribution in [1.29, 1.82) is 0 Å². The summed E-state index contributed by atoms with van der Waals surface area (Å²) in [5, 5.41) is 13.0. The van der Waals surface area contributed by atoms with E-state index in [1.165, 1.54) is 19.1 Å². The van der Waals surface area contributed by atoms with Crippen molar-refractivity contribution in [2.45, 2.75) is 65.4 Å². The number of hydrogen-bond acceptors (Lipinski definition) is 5. The number of esters is 1. The summed E-state index contributed by atoms with van der Waals surface area (Å²) >= 11 is 0. The average molecular weight is 398 g/mol. The smallest absolute Gasteiger partial charge is 0.302 e. The number of oxime groups is 1. The van der Waals surface area contributed by atoms with Crippen LogP contribution in [0.25, 0.3) is 11.1 Å². The van der Waals surface area contributed by atoms with Crippen molar-refractivity contribution in [3.63, 3.8) is 0 Å². The largest absolute Gasteiger partial charge is 0.461 e. The first-order chi connectivity index (χ1) is 13.7. The number of ether oxygens (including phenoxy) is 1. The molecule has 0 aliphatic heterocycles. The number of nitrogens with zero attached hydrogens (tertiary/aromatic N) is 2. The van der Waals surface area contributed by atoms with Crippen molar-refractivity contribution in [1.82, 2.24) is 4.98 Å². The predicted molar refractivity (Wildman–Crippen MR) is 110 cm³/mol. The number of pyridine rings is 1. The van der Waals surface area contributed by atoms with Crippen LogP contribution >= 0.6 is 0 Å². The van der Waals surface area contributed by atoms with E-state index < -0.39 is 5.41 Å². The van der Waals surface area contributed by atoms with E-state index >= 15 is 0 Å². The van der Waals surface area contributed by atoms with E-state index in [9.17, 15) is 14.4 Å². The molecule has 6 heteroatoms. The molecule has 5 nitrogen and oxygen atoms in total. The maximum atomic E-state index is 13.6. The first-order valence-electron chi connectivity index (χ1n) is 9.83. The molecule has 1 aliphatic carbocycles. The first-order valence-corrected chi connectivity index (χ1v) is 9.83. The highest BCUT2D eigenvalue weighted by Gasteiger charge is 2.38. The van der Waals surface area contributed by atoms with Crippen LogP contribution in [0.3, 0.4) is 0 Å². The highest BCUT2D eigenvalue weighted by Crippen LogP contribution is 2.42. The van der Waals surface area contributed by atoms with Crippen molar-refractivity contribution >= 4 is 11.7 Å². The summed E-state index contributed by atoms with van der Waals surface area (Å²) in [6.07, 6.45) is 1.24. The Hall–Kier alpha value is -2.76. The molecule has 0 bridgehead atoms. The molecule has 0 amide bonds. The van der Waals surface area contributed by atoms with Gasteiger partial charge in [-0.1, -0.05) is 31.1 Å². The lowest BCUT2D eigenvalue weighted by atomic mass is 9.71. The van der Waals surface area contributed by atoms with Crippen molar-refractivity contribution in [3.8, 4) is 11.1 Å². The number of hydrogen-bond donors (Lipinski definition) is 1. The van der Waals surface area contributed by atoms with Gasteiger partial charge in [-0.3, -0.25) is 9.78 Å². The lowest BCUT2D eigenvalue weighted by Gasteiger charge is -2.35. The maximum Gasteiger partial charge on any atom is 0.302 e. The summed E-state index contributed by atoms with van der Waals surface area (Å²) in [7, 11) is 0. The molecular weight excluding hydrogens is 371 g/mol. The van der Waals surface area contributed by atoms with Crippen LogP contribution in [0.15, 0.2) is 29.4 Å². The molecule has 0 atom stereocenters. The fraction of sp³-hybridized carbons (Fsp3) is 0.435. The normalized spacial score (nSPS) is 16.7. The Bertz CT molecular complexity index is 963. The molecule has 0 unspecified atom stereocenters. The minimum atomic E-state index is -0.541. The van der Waals surface area contributed by atoms with Gasteiger partial charge in [0, 0.05) is 17.9 Å². The van der Waals surface area contributed by atoms with Gasteiger partial charge in [0.15, 0.2) is 0 Å². The summed E-state index contributed by atoms with van der Waals surface area (Å²) in [5.74, 6) is -0.591. The molecule has 1 heterocycles. The molecule has 1 aromatic carbocycles. The van der Waals surface area contributed by atoms with Gasteiger partial charge >= 0.3 is 5.97 Å². The Balaban J connectivity index is 2.36. The number of halogens is 1. The van der Waals surface area contributed by atoms with Crippen LogP contribution in [0, 0.1) is 5.82 Å². The molecule has 29 heavy (non-hydrogen) atoms. The second-order valence-corrected chi connectivity index (χ2v) is 8.29. The van der Waals surface area contributed by atoms with E-state index in [1.807, 2.05) is 27.7 Å². The summed E-state index contributed by atoms with van der Waals surface area (Å²) < 4.78 is 19.0. The van der Waals surface area contributed by atoms with E-state index in [0.29, 0.717) is 18.6 Å². The van der Waals surface area contributed by atoms with Gasteiger partial charge in [0.1, 0.15) is 12.4 Å². The number of rotatable bonds is 4. The molecule has 0 saturated carbocycles. The lowest BCUT2D eigenvalue weighted by molar-refractivity contribution is -0.142. The van der Waals surface area contributed by atoms with Crippen LogP contribution in [0.2, 0.25) is 0 Å². The molecule has 1 N–H and O–H groups in total. The Morgan fingerprint density at radius 2 is 1.93 bits per heavy atom. The predicted octanol–water partition coefficient (Wildman–Crippen LogP) is 5.13. The van der Waals surface area contributed by atoms with Gasteiger partial charge in [-0.2, -0.15) is 0 Å². The van der Waals surface area contributed by atoms with E-state index in [1.54, 1.807) is 12.1 Å². The highest BCUT2D eigenvalue weighted by molar-refractivity contribution is 5.96. The Morgan fingerprint density at radius 3 is 2.48 bits per heavy atom. The van der Waals surface area contributed by atoms with Gasteiger partial charge in [-0.05, 0) is 61.4 Å². The second kappa shape index (κ2) is 7.93. The molecule has 0 radical (unpaired) electrons. The molecule has 3 rings (SSSR count). The minimum absolute atomic E-state index is 0.0808. The third kappa shape index (κ3) is 3.88. The lowest BCUT2D eigenvalue weighted by Crippen LogP contribution is -2.37. The van der Waals surface area contributed by atoms with Crippen molar-refractivity contribution in [2.75, 3.05) is 0 Å². The van der Waals surface area contributed by atoms with Crippen LogP contribution in [-0.2, 0) is 28.0 Å². The van der Waals surface area contributed by atoms with Gasteiger partial charge in [-0.25, -0.2) is 4.39 Å². The molecule has 0 fully saturated rings. The van der Waals surface area contributed by atoms with Gasteiger partial charge < -0.3 is 9.94 Å². The third-order valence-corrected chi connectivity index (χ3v) is 5.58. The monoisotopic (exact) mass is 398 g/mol. The van der Waals surface area contributed by atoms with Crippen LogP contribution in [0.4, 0.5) is 4.39 Å². The molecule has 1 aliphatic rings. The Labute approximate surface area is 170 Å². The third-order valence-electron chi connectivity index (χ3n) is 5.58. The van der Waals surface area contributed by atoms with E-state index in [-0.39, 0.29) is 24.3 Å². The molecule has 154 valence electrons. The number of benzene rings is 1. The topological polar surface area (TPSA) is 71.8 Å². The van der Waals surface area contributed by atoms with Crippen molar-refractivity contribution in [3.05, 3.63) is 52.6 Å². The summed E-state index contributed by atoms with van der Waals surface area (Å²) in [5.41, 5.74) is 5.49. The van der Waals surface area contributed by atoms with Crippen LogP contribution in [-0.4, -0.2) is 21.9 Å². The van der Waals surface area contributed by atoms with Crippen molar-refractivity contribution in [2.24, 2.45) is 5.16 Å². The first kappa shape index (κ1) is 21.0. The zero-order valence-electron chi connectivity index (χ0n) is 17.5. The number of aromatic nitrogens is 1. The quantitative estimate of drug-likeness (QED) is 0.440. The van der Waals surface area contributed by atoms with Gasteiger partial charge in [-0.15, -0.1) is 0 Å². The average Bonchev–Trinajstić information content (AvgIpc) is 2.66. The Kier molecular flexibility index (Phi) is 5.73. The van der Waals surface area contributed by atoms with E-state index in [0.717, 1.165) is 33.6 Å². The van der Waals surface area contributed by atoms with Gasteiger partial charge in [0.25, 0.3) is 0 Å². The maximum absolute atomic E-state index is 13.6. The fourth-order valence-corrected chi connectivity index (χ4v) is 4.07. The van der Waals surface area contributed by atoms with E-state index in [2.05, 4.69) is 5.16 Å². The fourth-order valence-electron chi connectivity index (χ4n) is 4.07. The van der Waals surface area contributed by atoms with Gasteiger partial charge in [0.05, 0.1) is 17.1 Å². The minimum Gasteiger partial charge on any atom is -0.461 e. The Morgan fingerprint density at radius 1 is 1.28 bits per heavy atom. The molecule has 2 aromatic rings. The molecular formula is C23H27FN2O3. The second-order valence-electron chi connectivity index (χ2n) is 8.29. The van der Waals surface area contributed by atoms with Crippen LogP contribution in [0.5, 0.6) is 0 Å². The standard InChI is InChI=1S/C23H27FN2O3/c1-13(2)21-18(12-29-14(3)27)20(15-6-8-16(24)9-7-15)17-10-11-19(26-28)23(4,5)22(17)25-21/h6-9,13,28H,10-12H2,1-5H3. The summed E-state index contributed by atoms with van der Waals surface area (Å²) in [6.45, 7) is 9.56. The summed E-state index contributed by atoms with van der Waals surface area (Å²) in [4.78, 5) is 16.5. The van der Waals surface area contributed by atoms with E-state index in [4.69, 9.17) is 9.72 Å². The summed E-state index contributed by atoms with van der Waals surface area (Å²) in [6, 6.07) is 6.35. The zero-order chi connectivity index (χ0) is 21.3. The van der Waals surface area contributed by atoms with Crippen LogP contribution in [0.1, 0.15) is 69.5 Å². The molecule has 0 saturated heterocycles. The molecule has 0 spiro atoms. The van der Waals surface area contributed by atoms with Crippen molar-refractivity contribution < 1.29 is 19.1 Å². The highest BCUT2D eigenvalue weighted by atomic mass is 19.1. The number of carbonyl (C=O) groups is 1. The van der Waals surface area contributed by atoms with Gasteiger partial charge in [0.2, 0.25) is 0 Å². The number of carbonyl (C=O) groups excluding carboxylic acids is 1. The zero-order valence-corrected chi connectivity index (χ0v) is 17.5. The molecule has 1 aromatic heterocycles.